The predicted octanol–water partition coefficient (Wildman–Crippen LogP) is 4.30. The maximum Gasteiger partial charge on any atom is 0.249 e. The summed E-state index contributed by atoms with van der Waals surface area (Å²) >= 11 is 5.93. The van der Waals surface area contributed by atoms with E-state index in [1.165, 1.54) is 11.1 Å². The number of carbonyl (C=O) groups is 1. The molecule has 1 aliphatic rings. The average Bonchev–Trinajstić information content (AvgIpc) is 2.48. The van der Waals surface area contributed by atoms with Gasteiger partial charge in [0.2, 0.25) is 5.91 Å². The van der Waals surface area contributed by atoms with Gasteiger partial charge in [-0.15, -0.1) is 0 Å². The molecule has 1 amide bonds. The fourth-order valence-electron chi connectivity index (χ4n) is 2.72. The van der Waals surface area contributed by atoms with E-state index < -0.39 is 0 Å². The Morgan fingerprint density at radius 1 is 1.14 bits per heavy atom. The summed E-state index contributed by atoms with van der Waals surface area (Å²) in [5.41, 5.74) is 5.43. The van der Waals surface area contributed by atoms with Gasteiger partial charge in [0.05, 0.1) is 17.9 Å². The number of halogens is 1. The summed E-state index contributed by atoms with van der Waals surface area (Å²) in [6, 6.07) is 11.6. The van der Waals surface area contributed by atoms with Gasteiger partial charge in [-0.05, 0) is 61.7 Å². The Hall–Kier alpha value is -2.00. The molecule has 0 aliphatic carbocycles. The molecule has 0 spiro atoms. The van der Waals surface area contributed by atoms with Crippen LogP contribution in [0, 0.1) is 13.8 Å². The second-order valence-electron chi connectivity index (χ2n) is 5.87. The van der Waals surface area contributed by atoms with Crippen LogP contribution in [-0.2, 0) is 11.3 Å². The van der Waals surface area contributed by atoms with E-state index in [4.69, 9.17) is 11.6 Å². The first kappa shape index (κ1) is 14.9. The van der Waals surface area contributed by atoms with Crippen molar-refractivity contribution in [1.29, 1.82) is 0 Å². The van der Waals surface area contributed by atoms with E-state index in [0.29, 0.717) is 11.6 Å². The molecule has 3 nitrogen and oxygen atoms in total. The minimum absolute atomic E-state index is 0.0886. The number of anilines is 2. The van der Waals surface area contributed by atoms with Crippen molar-refractivity contribution in [1.82, 2.24) is 0 Å². The van der Waals surface area contributed by atoms with Crippen molar-refractivity contribution >= 4 is 28.9 Å². The Balaban J connectivity index is 2.01. The zero-order chi connectivity index (χ0) is 15.9. The third-order valence-corrected chi connectivity index (χ3v) is 4.42. The number of amides is 1. The third kappa shape index (κ3) is 2.69. The first-order valence-corrected chi connectivity index (χ1v) is 7.77. The molecule has 0 radical (unpaired) electrons. The fourth-order valence-corrected chi connectivity index (χ4v) is 2.85. The molecule has 0 saturated heterocycles. The van der Waals surface area contributed by atoms with Crippen LogP contribution >= 0.6 is 11.6 Å². The molecule has 22 heavy (non-hydrogen) atoms. The lowest BCUT2D eigenvalue weighted by Crippen LogP contribution is -2.45. The zero-order valence-electron chi connectivity index (χ0n) is 13.0. The molecule has 0 saturated carbocycles. The average molecular weight is 315 g/mol. The van der Waals surface area contributed by atoms with Gasteiger partial charge in [-0.2, -0.15) is 0 Å². The Kier molecular flexibility index (Phi) is 3.83. The van der Waals surface area contributed by atoms with E-state index in [2.05, 4.69) is 31.3 Å². The predicted molar refractivity (Wildman–Crippen MR) is 91.6 cm³/mol. The number of carbonyl (C=O) groups excluding carboxylic acids is 1. The normalized spacial score (nSPS) is 17.2. The number of benzene rings is 2. The molecule has 0 bridgehead atoms. The SMILES string of the molecule is Cc1cc2c(cc1C)N(Cc1ccc(Cl)cc1)C(=O)C(C)N2. The number of nitrogens with one attached hydrogen (secondary N) is 1. The quantitative estimate of drug-likeness (QED) is 0.896. The van der Waals surface area contributed by atoms with Crippen LogP contribution in [0.1, 0.15) is 23.6 Å². The highest BCUT2D eigenvalue weighted by Gasteiger charge is 2.29. The highest BCUT2D eigenvalue weighted by atomic mass is 35.5. The Bertz CT molecular complexity index is 725. The second-order valence-corrected chi connectivity index (χ2v) is 6.31. The minimum atomic E-state index is -0.220. The number of hydrogen-bond acceptors (Lipinski definition) is 2. The lowest BCUT2D eigenvalue weighted by molar-refractivity contribution is -0.119. The summed E-state index contributed by atoms with van der Waals surface area (Å²) in [4.78, 5) is 14.4. The lowest BCUT2D eigenvalue weighted by atomic mass is 10.0. The molecule has 3 rings (SSSR count). The minimum Gasteiger partial charge on any atom is -0.372 e. The smallest absolute Gasteiger partial charge is 0.249 e. The highest BCUT2D eigenvalue weighted by molar-refractivity contribution is 6.30. The van der Waals surface area contributed by atoms with Crippen LogP contribution in [0.5, 0.6) is 0 Å². The van der Waals surface area contributed by atoms with Gasteiger partial charge in [0.15, 0.2) is 0 Å². The summed E-state index contributed by atoms with van der Waals surface area (Å²) < 4.78 is 0. The Labute approximate surface area is 135 Å². The van der Waals surface area contributed by atoms with E-state index >= 15 is 0 Å². The number of aryl methyl sites for hydroxylation is 2. The maximum atomic E-state index is 12.6. The summed E-state index contributed by atoms with van der Waals surface area (Å²) in [5.74, 6) is 0.0886. The molecule has 114 valence electrons. The topological polar surface area (TPSA) is 32.3 Å². The monoisotopic (exact) mass is 314 g/mol. The number of hydrogen-bond donors (Lipinski definition) is 1. The molecule has 4 heteroatoms. The van der Waals surface area contributed by atoms with Crippen LogP contribution in [-0.4, -0.2) is 11.9 Å². The summed E-state index contributed by atoms with van der Waals surface area (Å²) in [6.07, 6.45) is 0. The van der Waals surface area contributed by atoms with Crippen molar-refractivity contribution < 1.29 is 4.79 Å². The fraction of sp³-hybridized carbons (Fsp3) is 0.278. The molecule has 2 aromatic carbocycles. The molecule has 0 aromatic heterocycles. The van der Waals surface area contributed by atoms with Gasteiger partial charge in [-0.1, -0.05) is 23.7 Å². The number of fused-ring (bicyclic) bond motifs is 1. The van der Waals surface area contributed by atoms with E-state index in [-0.39, 0.29) is 11.9 Å². The van der Waals surface area contributed by atoms with Gasteiger partial charge in [0.25, 0.3) is 0 Å². The van der Waals surface area contributed by atoms with Crippen molar-refractivity contribution in [3.05, 3.63) is 58.1 Å². The van der Waals surface area contributed by atoms with Gasteiger partial charge >= 0.3 is 0 Å². The van der Waals surface area contributed by atoms with Crippen molar-refractivity contribution in [3.8, 4) is 0 Å². The first-order chi connectivity index (χ1) is 10.5. The van der Waals surface area contributed by atoms with Crippen molar-refractivity contribution in [2.75, 3.05) is 10.2 Å². The van der Waals surface area contributed by atoms with Crippen LogP contribution in [0.3, 0.4) is 0 Å². The summed E-state index contributed by atoms with van der Waals surface area (Å²) in [6.45, 7) is 6.60. The molecule has 1 N–H and O–H groups in total. The van der Waals surface area contributed by atoms with Gasteiger partial charge < -0.3 is 10.2 Å². The molecule has 2 aromatic rings. The maximum absolute atomic E-state index is 12.6. The molecule has 1 heterocycles. The lowest BCUT2D eigenvalue weighted by Gasteiger charge is -2.34. The van der Waals surface area contributed by atoms with Gasteiger partial charge in [0.1, 0.15) is 6.04 Å². The van der Waals surface area contributed by atoms with E-state index in [1.54, 1.807) is 0 Å². The van der Waals surface area contributed by atoms with Gasteiger partial charge in [-0.3, -0.25) is 4.79 Å². The Morgan fingerprint density at radius 2 is 1.77 bits per heavy atom. The highest BCUT2D eigenvalue weighted by Crippen LogP contribution is 2.35. The molecule has 0 fully saturated rings. The molecule has 1 aliphatic heterocycles. The van der Waals surface area contributed by atoms with Gasteiger partial charge in [-0.25, -0.2) is 0 Å². The molecular weight excluding hydrogens is 296 g/mol. The van der Waals surface area contributed by atoms with Crippen molar-refractivity contribution in [2.45, 2.75) is 33.4 Å². The van der Waals surface area contributed by atoms with Crippen LogP contribution in [0.4, 0.5) is 11.4 Å². The molecular formula is C18H19ClN2O. The second kappa shape index (κ2) is 5.65. The van der Waals surface area contributed by atoms with Crippen LogP contribution in [0.2, 0.25) is 5.02 Å². The number of rotatable bonds is 2. The molecule has 1 unspecified atom stereocenters. The van der Waals surface area contributed by atoms with E-state index in [1.807, 2.05) is 36.1 Å². The first-order valence-electron chi connectivity index (χ1n) is 7.39. The summed E-state index contributed by atoms with van der Waals surface area (Å²) in [5, 5.41) is 3.99. The van der Waals surface area contributed by atoms with Crippen LogP contribution < -0.4 is 10.2 Å². The molecule has 1 atom stereocenters. The largest absolute Gasteiger partial charge is 0.372 e. The van der Waals surface area contributed by atoms with Crippen molar-refractivity contribution in [3.63, 3.8) is 0 Å². The Morgan fingerprint density at radius 3 is 2.45 bits per heavy atom. The van der Waals surface area contributed by atoms with E-state index in [0.717, 1.165) is 16.9 Å². The third-order valence-electron chi connectivity index (χ3n) is 4.17. The number of nitrogens with zero attached hydrogens (tertiary/aromatic N) is 1. The van der Waals surface area contributed by atoms with Crippen molar-refractivity contribution in [2.24, 2.45) is 0 Å². The van der Waals surface area contributed by atoms with Gasteiger partial charge in [0, 0.05) is 5.02 Å². The summed E-state index contributed by atoms with van der Waals surface area (Å²) in [7, 11) is 0. The van der Waals surface area contributed by atoms with E-state index in [9.17, 15) is 4.79 Å². The standard InChI is InChI=1S/C18H19ClN2O/c1-11-8-16-17(9-12(11)2)21(18(22)13(3)20-16)10-14-4-6-15(19)7-5-14/h4-9,13,20H,10H2,1-3H3. The van der Waals surface area contributed by atoms with Crippen LogP contribution in [0.15, 0.2) is 36.4 Å². The van der Waals surface area contributed by atoms with Crippen LogP contribution in [0.25, 0.3) is 0 Å². The zero-order valence-corrected chi connectivity index (χ0v) is 13.7.